The smallest absolute Gasteiger partial charge is 0.238 e. The molecule has 3 rings (SSSR count). The van der Waals surface area contributed by atoms with Gasteiger partial charge >= 0.3 is 0 Å². The van der Waals surface area contributed by atoms with Gasteiger partial charge in [-0.2, -0.15) is 0 Å². The van der Waals surface area contributed by atoms with E-state index in [4.69, 9.17) is 12.2 Å². The van der Waals surface area contributed by atoms with Crippen LogP contribution in [0.2, 0.25) is 0 Å². The summed E-state index contributed by atoms with van der Waals surface area (Å²) in [5.41, 5.74) is 0.984. The van der Waals surface area contributed by atoms with Crippen LogP contribution >= 0.6 is 35.3 Å². The molecule has 2 heterocycles. The molecule has 1 aliphatic heterocycles. The molecule has 0 radical (unpaired) electrons. The van der Waals surface area contributed by atoms with Crippen LogP contribution < -0.4 is 0 Å². The largest absolute Gasteiger partial charge is 0.337 e. The van der Waals surface area contributed by atoms with Crippen LogP contribution in [0, 0.1) is 0 Å². The molecule has 27 heavy (non-hydrogen) atoms. The number of benzene rings is 1. The summed E-state index contributed by atoms with van der Waals surface area (Å²) in [5.74, 6) is 0.696. The SMILES string of the molecule is C[C@@H](c1nc2ccccc2s1)N(C)C(=O)CCCCCN1C(=O)CSC1=S. The highest BCUT2D eigenvalue weighted by atomic mass is 32.2. The fourth-order valence-corrected chi connectivity index (χ4v) is 5.13. The lowest BCUT2D eigenvalue weighted by molar-refractivity contribution is -0.132. The van der Waals surface area contributed by atoms with Crippen molar-refractivity contribution in [3.8, 4) is 0 Å². The third-order valence-electron chi connectivity index (χ3n) is 4.76. The molecule has 5 nitrogen and oxygen atoms in total. The summed E-state index contributed by atoms with van der Waals surface area (Å²) in [4.78, 5) is 32.3. The lowest BCUT2D eigenvalue weighted by Crippen LogP contribution is -2.30. The fourth-order valence-electron chi connectivity index (χ4n) is 2.95. The standard InChI is InChI=1S/C19H23N3O2S3/c1-13(18-20-14-8-5-6-9-15(14)27-18)21(2)16(23)10-4-3-7-11-22-17(24)12-26-19(22)25/h5-6,8-9,13H,3-4,7,10-12H2,1-2H3/t13-/m0/s1. The highest BCUT2D eigenvalue weighted by Gasteiger charge is 2.25. The van der Waals surface area contributed by atoms with Crippen LogP contribution in [0.15, 0.2) is 24.3 Å². The Bertz CT molecular complexity index is 803. The van der Waals surface area contributed by atoms with Crippen molar-refractivity contribution >= 4 is 61.7 Å². The van der Waals surface area contributed by atoms with E-state index >= 15 is 0 Å². The third-order valence-corrected chi connectivity index (χ3v) is 7.39. The van der Waals surface area contributed by atoms with Crippen molar-refractivity contribution in [2.45, 2.75) is 38.6 Å². The van der Waals surface area contributed by atoms with Crippen molar-refractivity contribution in [3.63, 3.8) is 0 Å². The van der Waals surface area contributed by atoms with E-state index in [2.05, 4.69) is 11.1 Å². The molecule has 1 saturated heterocycles. The van der Waals surface area contributed by atoms with E-state index in [0.29, 0.717) is 23.0 Å². The minimum Gasteiger partial charge on any atom is -0.337 e. The molecule has 1 aromatic carbocycles. The number of aromatic nitrogens is 1. The molecule has 1 aliphatic rings. The number of hydrogen-bond acceptors (Lipinski definition) is 6. The Kier molecular flexibility index (Phi) is 6.83. The van der Waals surface area contributed by atoms with Crippen LogP contribution in [0.5, 0.6) is 0 Å². The number of carbonyl (C=O) groups is 2. The summed E-state index contributed by atoms with van der Waals surface area (Å²) < 4.78 is 1.83. The molecule has 2 aromatic rings. The molecular formula is C19H23N3O2S3. The third kappa shape index (κ3) is 4.86. The van der Waals surface area contributed by atoms with E-state index < -0.39 is 0 Å². The average molecular weight is 422 g/mol. The number of nitrogens with zero attached hydrogens (tertiary/aromatic N) is 3. The quantitative estimate of drug-likeness (QED) is 0.471. The van der Waals surface area contributed by atoms with Gasteiger partial charge in [0.1, 0.15) is 9.33 Å². The molecule has 0 aliphatic carbocycles. The van der Waals surface area contributed by atoms with E-state index in [-0.39, 0.29) is 17.9 Å². The Morgan fingerprint density at radius 2 is 2.11 bits per heavy atom. The summed E-state index contributed by atoms with van der Waals surface area (Å²) in [7, 11) is 1.84. The summed E-state index contributed by atoms with van der Waals surface area (Å²) in [6.45, 7) is 2.68. The normalized spacial score (nSPS) is 15.6. The van der Waals surface area contributed by atoms with Crippen LogP contribution in [0.3, 0.4) is 0 Å². The van der Waals surface area contributed by atoms with Gasteiger partial charge in [-0.3, -0.25) is 14.5 Å². The molecule has 8 heteroatoms. The molecule has 0 spiro atoms. The molecular weight excluding hydrogens is 398 g/mol. The van der Waals surface area contributed by atoms with Gasteiger partial charge in [-0.05, 0) is 31.9 Å². The number of rotatable bonds is 8. The minimum atomic E-state index is -0.0356. The first-order valence-electron chi connectivity index (χ1n) is 9.05. The predicted octanol–water partition coefficient (Wildman–Crippen LogP) is 4.24. The Balaban J connectivity index is 1.43. The number of carbonyl (C=O) groups excluding carboxylic acids is 2. The fraction of sp³-hybridized carbons (Fsp3) is 0.474. The minimum absolute atomic E-state index is 0.0356. The first kappa shape index (κ1) is 20.2. The van der Waals surface area contributed by atoms with Crippen molar-refractivity contribution in [1.29, 1.82) is 0 Å². The maximum absolute atomic E-state index is 12.5. The first-order chi connectivity index (χ1) is 13.0. The summed E-state index contributed by atoms with van der Waals surface area (Å²) in [6.07, 6.45) is 3.11. The monoisotopic (exact) mass is 421 g/mol. The van der Waals surface area contributed by atoms with Gasteiger partial charge < -0.3 is 4.90 Å². The Labute approximate surface area is 173 Å². The first-order valence-corrected chi connectivity index (χ1v) is 11.3. The number of amides is 2. The zero-order valence-corrected chi connectivity index (χ0v) is 18.0. The number of para-hydroxylation sites is 1. The number of thioether (sulfide) groups is 1. The van der Waals surface area contributed by atoms with Crippen molar-refractivity contribution in [2.24, 2.45) is 0 Å². The molecule has 2 amide bonds. The molecule has 1 aromatic heterocycles. The van der Waals surface area contributed by atoms with Gasteiger partial charge in [-0.25, -0.2) is 4.98 Å². The number of hydrogen-bond donors (Lipinski definition) is 0. The average Bonchev–Trinajstić information content (AvgIpc) is 3.24. The van der Waals surface area contributed by atoms with Crippen molar-refractivity contribution < 1.29 is 9.59 Å². The second kappa shape index (κ2) is 9.12. The van der Waals surface area contributed by atoms with E-state index in [1.165, 1.54) is 11.8 Å². The van der Waals surface area contributed by atoms with Crippen LogP contribution in [0.1, 0.15) is 43.7 Å². The Morgan fingerprint density at radius 1 is 1.33 bits per heavy atom. The van der Waals surface area contributed by atoms with E-state index in [0.717, 1.165) is 34.5 Å². The van der Waals surface area contributed by atoms with Crippen LogP contribution in [0.4, 0.5) is 0 Å². The van der Waals surface area contributed by atoms with Gasteiger partial charge in [0.15, 0.2) is 0 Å². The molecule has 0 saturated carbocycles. The van der Waals surface area contributed by atoms with E-state index in [9.17, 15) is 9.59 Å². The molecule has 1 atom stereocenters. The van der Waals surface area contributed by atoms with Gasteiger partial charge in [-0.15, -0.1) is 11.3 Å². The van der Waals surface area contributed by atoms with Crippen LogP contribution in [0.25, 0.3) is 10.2 Å². The topological polar surface area (TPSA) is 53.5 Å². The van der Waals surface area contributed by atoms with E-state index in [1.807, 2.05) is 32.2 Å². The van der Waals surface area contributed by atoms with Gasteiger partial charge in [0.25, 0.3) is 0 Å². The van der Waals surface area contributed by atoms with Gasteiger partial charge in [0, 0.05) is 20.0 Å². The van der Waals surface area contributed by atoms with Gasteiger partial charge in [0.05, 0.1) is 22.0 Å². The maximum Gasteiger partial charge on any atom is 0.238 e. The number of thiazole rings is 1. The van der Waals surface area contributed by atoms with Crippen molar-refractivity contribution in [2.75, 3.05) is 19.3 Å². The van der Waals surface area contributed by atoms with Crippen molar-refractivity contribution in [3.05, 3.63) is 29.3 Å². The molecule has 1 fully saturated rings. The molecule has 0 unspecified atom stereocenters. The highest BCUT2D eigenvalue weighted by molar-refractivity contribution is 8.23. The number of fused-ring (bicyclic) bond motifs is 1. The number of thiocarbonyl (C=S) groups is 1. The molecule has 0 N–H and O–H groups in total. The Morgan fingerprint density at radius 3 is 2.81 bits per heavy atom. The summed E-state index contributed by atoms with van der Waals surface area (Å²) in [5, 5.41) is 0.964. The zero-order chi connectivity index (χ0) is 19.4. The van der Waals surface area contributed by atoms with Crippen LogP contribution in [-0.2, 0) is 9.59 Å². The molecule has 144 valence electrons. The summed E-state index contributed by atoms with van der Waals surface area (Å²) >= 11 is 8.24. The number of unbranched alkanes of at least 4 members (excludes halogenated alkanes) is 2. The van der Waals surface area contributed by atoms with Crippen LogP contribution in [-0.4, -0.2) is 50.3 Å². The van der Waals surface area contributed by atoms with Crippen molar-refractivity contribution in [1.82, 2.24) is 14.8 Å². The highest BCUT2D eigenvalue weighted by Crippen LogP contribution is 2.29. The van der Waals surface area contributed by atoms with E-state index in [1.54, 1.807) is 21.1 Å². The second-order valence-corrected chi connectivity index (χ2v) is 9.28. The predicted molar refractivity (Wildman–Crippen MR) is 116 cm³/mol. The lowest BCUT2D eigenvalue weighted by Gasteiger charge is -2.23. The van der Waals surface area contributed by atoms with Gasteiger partial charge in [-0.1, -0.05) is 42.5 Å². The Hall–Kier alpha value is -1.51. The summed E-state index contributed by atoms with van der Waals surface area (Å²) in [6, 6.07) is 8.00. The zero-order valence-electron chi connectivity index (χ0n) is 15.5. The second-order valence-electron chi connectivity index (χ2n) is 6.61. The molecule has 0 bridgehead atoms. The maximum atomic E-state index is 12.5. The van der Waals surface area contributed by atoms with Gasteiger partial charge in [0.2, 0.25) is 11.8 Å². The lowest BCUT2D eigenvalue weighted by atomic mass is 10.1.